The summed E-state index contributed by atoms with van der Waals surface area (Å²) in [6.07, 6.45) is 6.97. The molecule has 0 bridgehead atoms. The number of anilines is 2. The van der Waals surface area contributed by atoms with Crippen molar-refractivity contribution in [3.05, 3.63) is 48.3 Å². The third-order valence-corrected chi connectivity index (χ3v) is 6.00. The molecule has 2 saturated heterocycles. The number of pyridine rings is 1. The van der Waals surface area contributed by atoms with Crippen LogP contribution in [0.1, 0.15) is 31.4 Å². The number of hydrogen-bond acceptors (Lipinski definition) is 7. The minimum absolute atomic E-state index is 0.235. The molecule has 5 rings (SSSR count). The van der Waals surface area contributed by atoms with Gasteiger partial charge in [0, 0.05) is 44.3 Å². The van der Waals surface area contributed by atoms with Crippen molar-refractivity contribution in [2.45, 2.75) is 38.3 Å². The standard InChI is InChI=1S/C23H28N6O/c30-20-7-5-6-17-8-9-18(25-22(17)20)14-28-15-19(16-28)26-23-24-11-10-21(27-23)29-12-3-1-2-4-13-29/h5-11,19,30H,1-4,12-16H2,(H,24,26,27). The zero-order valence-electron chi connectivity index (χ0n) is 17.2. The summed E-state index contributed by atoms with van der Waals surface area (Å²) in [5, 5.41) is 14.5. The Bertz CT molecular complexity index is 1010. The Morgan fingerprint density at radius 3 is 2.63 bits per heavy atom. The minimum Gasteiger partial charge on any atom is -0.506 e. The third-order valence-electron chi connectivity index (χ3n) is 6.00. The van der Waals surface area contributed by atoms with Gasteiger partial charge >= 0.3 is 0 Å². The molecule has 0 amide bonds. The fourth-order valence-electron chi connectivity index (χ4n) is 4.36. The van der Waals surface area contributed by atoms with Crippen LogP contribution in [0.25, 0.3) is 10.9 Å². The minimum atomic E-state index is 0.235. The van der Waals surface area contributed by atoms with Gasteiger partial charge in [-0.25, -0.2) is 9.97 Å². The Balaban J connectivity index is 1.17. The quantitative estimate of drug-likeness (QED) is 0.675. The van der Waals surface area contributed by atoms with Crippen LogP contribution in [0.3, 0.4) is 0 Å². The van der Waals surface area contributed by atoms with E-state index < -0.39 is 0 Å². The smallest absolute Gasteiger partial charge is 0.224 e. The van der Waals surface area contributed by atoms with Gasteiger partial charge in [0.25, 0.3) is 0 Å². The van der Waals surface area contributed by atoms with E-state index in [4.69, 9.17) is 4.98 Å². The van der Waals surface area contributed by atoms with Crippen molar-refractivity contribution in [1.29, 1.82) is 0 Å². The van der Waals surface area contributed by atoms with Gasteiger partial charge in [-0.1, -0.05) is 31.0 Å². The number of nitrogens with zero attached hydrogens (tertiary/aromatic N) is 5. The lowest BCUT2D eigenvalue weighted by molar-refractivity contribution is 0.151. The Morgan fingerprint density at radius 1 is 0.967 bits per heavy atom. The lowest BCUT2D eigenvalue weighted by atomic mass is 10.1. The molecule has 2 N–H and O–H groups in total. The number of benzene rings is 1. The van der Waals surface area contributed by atoms with Crippen LogP contribution >= 0.6 is 0 Å². The van der Waals surface area contributed by atoms with E-state index in [0.717, 1.165) is 55.6 Å². The Hall–Kier alpha value is -2.93. The third kappa shape index (κ3) is 4.16. The molecule has 0 radical (unpaired) electrons. The van der Waals surface area contributed by atoms with Gasteiger partial charge in [-0.15, -0.1) is 0 Å². The van der Waals surface area contributed by atoms with Gasteiger partial charge in [-0.2, -0.15) is 4.98 Å². The van der Waals surface area contributed by atoms with Crippen molar-refractivity contribution in [1.82, 2.24) is 19.9 Å². The van der Waals surface area contributed by atoms with Gasteiger partial charge < -0.3 is 15.3 Å². The highest BCUT2D eigenvalue weighted by atomic mass is 16.3. The monoisotopic (exact) mass is 404 g/mol. The lowest BCUT2D eigenvalue weighted by Gasteiger charge is -2.39. The molecule has 0 unspecified atom stereocenters. The molecule has 0 spiro atoms. The molecule has 4 heterocycles. The molecule has 0 saturated carbocycles. The number of likely N-dealkylation sites (tertiary alicyclic amines) is 1. The van der Waals surface area contributed by atoms with Crippen LogP contribution in [0.5, 0.6) is 5.75 Å². The first kappa shape index (κ1) is 19.1. The second-order valence-corrected chi connectivity index (χ2v) is 8.33. The lowest BCUT2D eigenvalue weighted by Crippen LogP contribution is -2.54. The highest BCUT2D eigenvalue weighted by Gasteiger charge is 2.27. The number of fused-ring (bicyclic) bond motifs is 1. The highest BCUT2D eigenvalue weighted by molar-refractivity contribution is 5.84. The van der Waals surface area contributed by atoms with Gasteiger partial charge in [-0.05, 0) is 31.0 Å². The van der Waals surface area contributed by atoms with Crippen LogP contribution < -0.4 is 10.2 Å². The van der Waals surface area contributed by atoms with Crippen molar-refractivity contribution in [2.75, 3.05) is 36.4 Å². The first-order valence-electron chi connectivity index (χ1n) is 10.9. The summed E-state index contributed by atoms with van der Waals surface area (Å²) in [7, 11) is 0. The fraction of sp³-hybridized carbons (Fsp3) is 0.435. The van der Waals surface area contributed by atoms with E-state index >= 15 is 0 Å². The summed E-state index contributed by atoms with van der Waals surface area (Å²) in [5.74, 6) is 1.99. The van der Waals surface area contributed by atoms with E-state index in [9.17, 15) is 5.11 Å². The average molecular weight is 405 g/mol. The molecule has 30 heavy (non-hydrogen) atoms. The topological polar surface area (TPSA) is 77.4 Å². The summed E-state index contributed by atoms with van der Waals surface area (Å²) in [6, 6.07) is 11.9. The van der Waals surface area contributed by atoms with Crippen molar-refractivity contribution in [3.8, 4) is 5.75 Å². The van der Waals surface area contributed by atoms with E-state index in [1.54, 1.807) is 6.07 Å². The zero-order chi connectivity index (χ0) is 20.3. The predicted molar refractivity (Wildman–Crippen MR) is 119 cm³/mol. The summed E-state index contributed by atoms with van der Waals surface area (Å²) in [6.45, 7) is 4.80. The number of rotatable bonds is 5. The molecule has 1 aromatic carbocycles. The summed E-state index contributed by atoms with van der Waals surface area (Å²) in [4.78, 5) is 18.5. The molecular formula is C23H28N6O. The maximum atomic E-state index is 10.0. The molecule has 3 aromatic rings. The van der Waals surface area contributed by atoms with Crippen LogP contribution in [0.2, 0.25) is 0 Å². The maximum Gasteiger partial charge on any atom is 0.224 e. The van der Waals surface area contributed by atoms with E-state index in [-0.39, 0.29) is 5.75 Å². The molecule has 2 aliphatic rings. The molecule has 0 aliphatic carbocycles. The van der Waals surface area contributed by atoms with E-state index in [1.165, 1.54) is 25.7 Å². The Kier molecular flexibility index (Phi) is 5.36. The molecule has 0 atom stereocenters. The second-order valence-electron chi connectivity index (χ2n) is 8.33. The van der Waals surface area contributed by atoms with Gasteiger partial charge in [0.05, 0.1) is 11.7 Å². The normalized spacial score (nSPS) is 18.2. The second kappa shape index (κ2) is 8.44. The number of para-hydroxylation sites is 1. The van der Waals surface area contributed by atoms with Crippen molar-refractivity contribution >= 4 is 22.7 Å². The fourth-order valence-corrected chi connectivity index (χ4v) is 4.36. The van der Waals surface area contributed by atoms with E-state index in [1.807, 2.05) is 36.5 Å². The van der Waals surface area contributed by atoms with Gasteiger partial charge in [0.15, 0.2) is 0 Å². The predicted octanol–water partition coefficient (Wildman–Crippen LogP) is 3.41. The number of aromatic hydroxyl groups is 1. The molecule has 2 aliphatic heterocycles. The van der Waals surface area contributed by atoms with Gasteiger partial charge in [0.1, 0.15) is 17.1 Å². The van der Waals surface area contributed by atoms with Gasteiger partial charge in [-0.3, -0.25) is 4.90 Å². The maximum absolute atomic E-state index is 10.0. The highest BCUT2D eigenvalue weighted by Crippen LogP contribution is 2.24. The number of hydrogen-bond donors (Lipinski definition) is 2. The van der Waals surface area contributed by atoms with Crippen LogP contribution in [-0.2, 0) is 6.54 Å². The van der Waals surface area contributed by atoms with Gasteiger partial charge in [0.2, 0.25) is 5.95 Å². The summed E-state index contributed by atoms with van der Waals surface area (Å²) < 4.78 is 0. The van der Waals surface area contributed by atoms with Crippen LogP contribution in [0.4, 0.5) is 11.8 Å². The molecule has 7 heteroatoms. The zero-order valence-corrected chi connectivity index (χ0v) is 17.2. The molecular weight excluding hydrogens is 376 g/mol. The van der Waals surface area contributed by atoms with E-state index in [0.29, 0.717) is 11.6 Å². The first-order valence-corrected chi connectivity index (χ1v) is 10.9. The number of phenols is 1. The van der Waals surface area contributed by atoms with Crippen molar-refractivity contribution in [3.63, 3.8) is 0 Å². The molecule has 2 aromatic heterocycles. The summed E-state index contributed by atoms with van der Waals surface area (Å²) in [5.41, 5.74) is 1.64. The van der Waals surface area contributed by atoms with Crippen LogP contribution in [-0.4, -0.2) is 57.2 Å². The van der Waals surface area contributed by atoms with Crippen molar-refractivity contribution < 1.29 is 5.11 Å². The summed E-state index contributed by atoms with van der Waals surface area (Å²) >= 11 is 0. The first-order chi connectivity index (χ1) is 14.7. The van der Waals surface area contributed by atoms with E-state index in [2.05, 4.69) is 25.1 Å². The van der Waals surface area contributed by atoms with Crippen molar-refractivity contribution in [2.24, 2.45) is 0 Å². The molecule has 2 fully saturated rings. The SMILES string of the molecule is Oc1cccc2ccc(CN3CC(Nc4nccc(N5CCCCCC5)n4)C3)nc12. The average Bonchev–Trinajstić information content (AvgIpc) is 3.03. The van der Waals surface area contributed by atoms with Crippen LogP contribution in [0.15, 0.2) is 42.6 Å². The number of nitrogens with one attached hydrogen (secondary N) is 1. The number of aromatic nitrogens is 3. The largest absolute Gasteiger partial charge is 0.506 e. The number of phenolic OH excluding ortho intramolecular Hbond substituents is 1. The van der Waals surface area contributed by atoms with Crippen LogP contribution in [0, 0.1) is 0 Å². The molecule has 7 nitrogen and oxygen atoms in total. The molecule has 156 valence electrons. The Morgan fingerprint density at radius 2 is 1.80 bits per heavy atom. The Labute approximate surface area is 176 Å².